The smallest absolute Gasteiger partial charge is 0.319 e. The molecule has 0 aliphatic heterocycles. The molecule has 0 radical (unpaired) electrons. The van der Waals surface area contributed by atoms with Gasteiger partial charge in [0, 0.05) is 25.2 Å². The van der Waals surface area contributed by atoms with Gasteiger partial charge in [0.2, 0.25) is 0 Å². The number of hydrogen-bond acceptors (Lipinski definition) is 4. The summed E-state index contributed by atoms with van der Waals surface area (Å²) >= 11 is 0. The minimum absolute atomic E-state index is 0.0916. The third-order valence-corrected chi connectivity index (χ3v) is 5.38. The fourth-order valence-corrected chi connectivity index (χ4v) is 3.60. The van der Waals surface area contributed by atoms with Crippen LogP contribution in [0.25, 0.3) is 0 Å². The lowest BCUT2D eigenvalue weighted by atomic mass is 9.85. The number of urea groups is 1. The Morgan fingerprint density at radius 1 is 1.37 bits per heavy atom. The standard InChI is InChI=1S/C19H31N5O3/c1-12(2)9-24-13(3)17(8-20-24)22-19(27)21-15-6-16(7-15)23(11-18(25)26)10-14-4-5-14/h8,12,14-16H,4-7,9-11H2,1-3H3,(H,25,26)(H2,21,22,27). The minimum atomic E-state index is -0.779. The zero-order chi connectivity index (χ0) is 19.6. The summed E-state index contributed by atoms with van der Waals surface area (Å²) in [5.74, 6) is 0.366. The molecule has 8 nitrogen and oxygen atoms in total. The van der Waals surface area contributed by atoms with Crippen molar-refractivity contribution in [3.05, 3.63) is 11.9 Å². The second kappa shape index (κ2) is 8.29. The highest BCUT2D eigenvalue weighted by molar-refractivity contribution is 5.89. The molecule has 150 valence electrons. The van der Waals surface area contributed by atoms with Gasteiger partial charge in [0.25, 0.3) is 0 Å². The van der Waals surface area contributed by atoms with E-state index in [-0.39, 0.29) is 24.7 Å². The first kappa shape index (κ1) is 19.7. The van der Waals surface area contributed by atoms with E-state index in [0.717, 1.165) is 37.3 Å². The predicted molar refractivity (Wildman–Crippen MR) is 103 cm³/mol. The molecule has 2 fully saturated rings. The quantitative estimate of drug-likeness (QED) is 0.613. The summed E-state index contributed by atoms with van der Waals surface area (Å²) < 4.78 is 1.90. The van der Waals surface area contributed by atoms with Crippen molar-refractivity contribution >= 4 is 17.7 Å². The van der Waals surface area contributed by atoms with Crippen LogP contribution in [0.1, 0.15) is 45.2 Å². The Bertz CT molecular complexity index is 677. The minimum Gasteiger partial charge on any atom is -0.480 e. The zero-order valence-corrected chi connectivity index (χ0v) is 16.4. The maximum Gasteiger partial charge on any atom is 0.319 e. The van der Waals surface area contributed by atoms with Gasteiger partial charge in [-0.3, -0.25) is 14.4 Å². The lowest BCUT2D eigenvalue weighted by Gasteiger charge is -2.42. The van der Waals surface area contributed by atoms with Gasteiger partial charge >= 0.3 is 12.0 Å². The van der Waals surface area contributed by atoms with Crippen LogP contribution < -0.4 is 10.6 Å². The first-order valence-electron chi connectivity index (χ1n) is 9.87. The van der Waals surface area contributed by atoms with Crippen LogP contribution in [0.3, 0.4) is 0 Å². The second-order valence-corrected chi connectivity index (χ2v) is 8.41. The summed E-state index contributed by atoms with van der Waals surface area (Å²) in [5.41, 5.74) is 1.67. The molecule has 27 heavy (non-hydrogen) atoms. The van der Waals surface area contributed by atoms with Crippen LogP contribution in [0.15, 0.2) is 6.20 Å². The zero-order valence-electron chi connectivity index (χ0n) is 16.4. The molecule has 0 unspecified atom stereocenters. The lowest BCUT2D eigenvalue weighted by molar-refractivity contribution is -0.139. The van der Waals surface area contributed by atoms with Crippen LogP contribution in [0, 0.1) is 18.8 Å². The van der Waals surface area contributed by atoms with Crippen LogP contribution in [0.2, 0.25) is 0 Å². The molecule has 8 heteroatoms. The van der Waals surface area contributed by atoms with Crippen molar-refractivity contribution in [1.82, 2.24) is 20.0 Å². The molecule has 0 atom stereocenters. The number of aromatic nitrogens is 2. The van der Waals surface area contributed by atoms with Crippen LogP contribution in [-0.4, -0.2) is 57.0 Å². The van der Waals surface area contributed by atoms with Crippen molar-refractivity contribution in [2.45, 2.75) is 65.1 Å². The fourth-order valence-electron chi connectivity index (χ4n) is 3.60. The number of amides is 2. The van der Waals surface area contributed by atoms with Crippen molar-refractivity contribution < 1.29 is 14.7 Å². The summed E-state index contributed by atoms with van der Waals surface area (Å²) in [7, 11) is 0. The van der Waals surface area contributed by atoms with E-state index in [1.165, 1.54) is 12.8 Å². The second-order valence-electron chi connectivity index (χ2n) is 8.41. The lowest BCUT2D eigenvalue weighted by Crippen LogP contribution is -2.55. The monoisotopic (exact) mass is 377 g/mol. The van der Waals surface area contributed by atoms with E-state index in [9.17, 15) is 9.59 Å². The van der Waals surface area contributed by atoms with Crippen molar-refractivity contribution in [2.75, 3.05) is 18.4 Å². The summed E-state index contributed by atoms with van der Waals surface area (Å²) in [6.45, 7) is 7.99. The number of hydrogen-bond donors (Lipinski definition) is 3. The Morgan fingerprint density at radius 2 is 2.07 bits per heavy atom. The Kier molecular flexibility index (Phi) is 6.04. The van der Waals surface area contributed by atoms with Gasteiger partial charge < -0.3 is 15.7 Å². The molecule has 2 amide bonds. The highest BCUT2D eigenvalue weighted by Gasteiger charge is 2.37. The van der Waals surface area contributed by atoms with Crippen LogP contribution in [0.4, 0.5) is 10.5 Å². The van der Waals surface area contributed by atoms with Gasteiger partial charge in [-0.25, -0.2) is 4.79 Å². The number of carbonyl (C=O) groups is 2. The van der Waals surface area contributed by atoms with E-state index in [1.807, 2.05) is 11.6 Å². The number of carbonyl (C=O) groups excluding carboxylic acids is 1. The van der Waals surface area contributed by atoms with E-state index in [0.29, 0.717) is 11.8 Å². The topological polar surface area (TPSA) is 99.5 Å². The Hall–Kier alpha value is -2.09. The third kappa shape index (κ3) is 5.45. The van der Waals surface area contributed by atoms with Crippen LogP contribution >= 0.6 is 0 Å². The average molecular weight is 377 g/mol. The van der Waals surface area contributed by atoms with Gasteiger partial charge in [0.05, 0.1) is 24.1 Å². The number of nitrogens with one attached hydrogen (secondary N) is 2. The van der Waals surface area contributed by atoms with Gasteiger partial charge in [-0.1, -0.05) is 13.8 Å². The highest BCUT2D eigenvalue weighted by Crippen LogP contribution is 2.33. The molecule has 1 aromatic rings. The first-order chi connectivity index (χ1) is 12.8. The van der Waals surface area contributed by atoms with Gasteiger partial charge in [-0.2, -0.15) is 5.10 Å². The molecule has 0 saturated heterocycles. The van der Waals surface area contributed by atoms with Crippen molar-refractivity contribution in [3.8, 4) is 0 Å². The maximum absolute atomic E-state index is 12.3. The number of anilines is 1. The maximum atomic E-state index is 12.3. The molecule has 2 aliphatic rings. The van der Waals surface area contributed by atoms with E-state index < -0.39 is 5.97 Å². The van der Waals surface area contributed by atoms with Gasteiger partial charge in [-0.15, -0.1) is 0 Å². The van der Waals surface area contributed by atoms with Crippen molar-refractivity contribution in [3.63, 3.8) is 0 Å². The molecule has 2 aliphatic carbocycles. The van der Waals surface area contributed by atoms with E-state index in [1.54, 1.807) is 6.20 Å². The molecule has 0 aromatic carbocycles. The van der Waals surface area contributed by atoms with Crippen molar-refractivity contribution in [1.29, 1.82) is 0 Å². The number of aliphatic carboxylic acids is 1. The summed E-state index contributed by atoms with van der Waals surface area (Å²) in [4.78, 5) is 25.4. The molecular formula is C19H31N5O3. The number of carboxylic acid groups (broad SMARTS) is 1. The first-order valence-corrected chi connectivity index (χ1v) is 9.87. The van der Waals surface area contributed by atoms with Crippen LogP contribution in [-0.2, 0) is 11.3 Å². The van der Waals surface area contributed by atoms with Gasteiger partial charge in [-0.05, 0) is 44.4 Å². The largest absolute Gasteiger partial charge is 0.480 e. The molecule has 0 bridgehead atoms. The average Bonchev–Trinajstić information content (AvgIpc) is 3.29. The number of rotatable bonds is 9. The number of carboxylic acids is 1. The summed E-state index contributed by atoms with van der Waals surface area (Å²) in [5, 5.41) is 19.3. The van der Waals surface area contributed by atoms with Gasteiger partial charge in [0.15, 0.2) is 0 Å². The summed E-state index contributed by atoms with van der Waals surface area (Å²) in [6, 6.07) is 0.122. The number of nitrogens with zero attached hydrogens (tertiary/aromatic N) is 3. The predicted octanol–water partition coefficient (Wildman–Crippen LogP) is 2.30. The highest BCUT2D eigenvalue weighted by atomic mass is 16.4. The van der Waals surface area contributed by atoms with E-state index in [2.05, 4.69) is 34.5 Å². The fraction of sp³-hybridized carbons (Fsp3) is 0.737. The van der Waals surface area contributed by atoms with Crippen molar-refractivity contribution in [2.24, 2.45) is 11.8 Å². The molecule has 1 aromatic heterocycles. The Labute approximate surface area is 160 Å². The molecule has 2 saturated carbocycles. The SMILES string of the molecule is Cc1c(NC(=O)NC2CC(N(CC(=O)O)CC3CC3)C2)cnn1CC(C)C. The molecule has 3 rings (SSSR count). The molecule has 0 spiro atoms. The third-order valence-electron chi connectivity index (χ3n) is 5.38. The summed E-state index contributed by atoms with van der Waals surface area (Å²) in [6.07, 6.45) is 5.71. The normalized spacial score (nSPS) is 22.0. The molecular weight excluding hydrogens is 346 g/mol. The van der Waals surface area contributed by atoms with Gasteiger partial charge in [0.1, 0.15) is 0 Å². The van der Waals surface area contributed by atoms with E-state index >= 15 is 0 Å². The van der Waals surface area contributed by atoms with E-state index in [4.69, 9.17) is 5.11 Å². The Morgan fingerprint density at radius 3 is 2.67 bits per heavy atom. The molecule has 3 N–H and O–H groups in total. The van der Waals surface area contributed by atoms with Crippen LogP contribution in [0.5, 0.6) is 0 Å². The molecule has 1 heterocycles. The Balaban J connectivity index is 1.44.